The van der Waals surface area contributed by atoms with E-state index in [-0.39, 0.29) is 5.91 Å². The first-order valence-corrected chi connectivity index (χ1v) is 10.1. The number of alkyl carbamates (subject to hydrolysis) is 1. The summed E-state index contributed by atoms with van der Waals surface area (Å²) >= 11 is 0. The Morgan fingerprint density at radius 1 is 1.03 bits per heavy atom. The van der Waals surface area contributed by atoms with Crippen LogP contribution in [0.2, 0.25) is 0 Å². The lowest BCUT2D eigenvalue weighted by molar-refractivity contribution is 0.0523. The van der Waals surface area contributed by atoms with Crippen molar-refractivity contribution < 1.29 is 19.1 Å². The second-order valence-electron chi connectivity index (χ2n) is 8.12. The smallest absolute Gasteiger partial charge is 0.407 e. The van der Waals surface area contributed by atoms with Crippen molar-refractivity contribution >= 4 is 23.4 Å². The van der Waals surface area contributed by atoms with Crippen LogP contribution in [0.1, 0.15) is 36.7 Å². The number of hydrogen-bond acceptors (Lipinski definition) is 5. The van der Waals surface area contributed by atoms with Crippen molar-refractivity contribution in [2.75, 3.05) is 36.5 Å². The van der Waals surface area contributed by atoms with Gasteiger partial charge in [-0.2, -0.15) is 0 Å². The molecule has 3 rings (SSSR count). The van der Waals surface area contributed by atoms with E-state index in [1.54, 1.807) is 12.1 Å². The summed E-state index contributed by atoms with van der Waals surface area (Å²) in [6.45, 7) is 8.74. The molecule has 0 spiro atoms. The second-order valence-corrected chi connectivity index (χ2v) is 8.12. The van der Waals surface area contributed by atoms with Gasteiger partial charge in [-0.3, -0.25) is 4.79 Å². The number of para-hydroxylation sites is 2. The number of ether oxygens (including phenoxy) is 2. The van der Waals surface area contributed by atoms with E-state index in [4.69, 9.17) is 9.47 Å². The summed E-state index contributed by atoms with van der Waals surface area (Å²) < 4.78 is 10.6. The normalized spacial score (nSPS) is 14.2. The zero-order chi connectivity index (χ0) is 21.6. The number of amides is 2. The molecule has 0 atom stereocenters. The lowest BCUT2D eigenvalue weighted by Gasteiger charge is -2.30. The van der Waals surface area contributed by atoms with Crippen LogP contribution < -0.4 is 15.5 Å². The Labute approximate surface area is 177 Å². The first-order valence-electron chi connectivity index (χ1n) is 10.1. The van der Waals surface area contributed by atoms with Crippen molar-refractivity contribution in [2.24, 2.45) is 0 Å². The average molecular weight is 412 g/mol. The van der Waals surface area contributed by atoms with Gasteiger partial charge in [0.1, 0.15) is 5.60 Å². The number of nitrogens with one attached hydrogen (secondary N) is 2. The number of anilines is 2. The SMILES string of the molecule is CC(C)(C)OC(=O)NCc1ccc(C(=O)Nc2ccccc2N2CCOCC2)cc1. The molecule has 0 radical (unpaired) electrons. The highest BCUT2D eigenvalue weighted by atomic mass is 16.6. The molecule has 0 unspecified atom stereocenters. The molecule has 1 saturated heterocycles. The van der Waals surface area contributed by atoms with Crippen molar-refractivity contribution in [2.45, 2.75) is 32.9 Å². The summed E-state index contributed by atoms with van der Waals surface area (Å²) in [5.41, 5.74) is 2.66. The molecule has 1 heterocycles. The molecule has 1 aliphatic rings. The maximum Gasteiger partial charge on any atom is 0.407 e. The van der Waals surface area contributed by atoms with E-state index in [2.05, 4.69) is 15.5 Å². The Morgan fingerprint density at radius 2 is 1.70 bits per heavy atom. The van der Waals surface area contributed by atoms with E-state index in [0.29, 0.717) is 25.3 Å². The van der Waals surface area contributed by atoms with E-state index < -0.39 is 11.7 Å². The van der Waals surface area contributed by atoms with Crippen molar-refractivity contribution in [1.29, 1.82) is 0 Å². The van der Waals surface area contributed by atoms with Gasteiger partial charge in [-0.15, -0.1) is 0 Å². The molecule has 2 aromatic carbocycles. The lowest BCUT2D eigenvalue weighted by Crippen LogP contribution is -2.36. The van der Waals surface area contributed by atoms with Gasteiger partial charge in [0.15, 0.2) is 0 Å². The van der Waals surface area contributed by atoms with Crippen molar-refractivity contribution in [3.05, 3.63) is 59.7 Å². The topological polar surface area (TPSA) is 79.9 Å². The molecule has 2 aromatic rings. The Bertz CT molecular complexity index is 869. The minimum atomic E-state index is -0.538. The summed E-state index contributed by atoms with van der Waals surface area (Å²) in [6.07, 6.45) is -0.468. The summed E-state index contributed by atoms with van der Waals surface area (Å²) in [7, 11) is 0. The van der Waals surface area contributed by atoms with Gasteiger partial charge < -0.3 is 25.0 Å². The van der Waals surface area contributed by atoms with Gasteiger partial charge in [0.25, 0.3) is 5.91 Å². The van der Waals surface area contributed by atoms with Crippen LogP contribution >= 0.6 is 0 Å². The molecular weight excluding hydrogens is 382 g/mol. The summed E-state index contributed by atoms with van der Waals surface area (Å²) in [4.78, 5) is 26.7. The molecule has 0 saturated carbocycles. The van der Waals surface area contributed by atoms with Crippen LogP contribution in [0, 0.1) is 0 Å². The van der Waals surface area contributed by atoms with Crippen LogP contribution in [0.15, 0.2) is 48.5 Å². The summed E-state index contributed by atoms with van der Waals surface area (Å²) in [5, 5.41) is 5.72. The summed E-state index contributed by atoms with van der Waals surface area (Å²) in [6, 6.07) is 14.9. The number of carbonyl (C=O) groups excluding carboxylic acids is 2. The first kappa shape index (κ1) is 21.6. The molecule has 0 aliphatic carbocycles. The fraction of sp³-hybridized carbons (Fsp3) is 0.391. The fourth-order valence-electron chi connectivity index (χ4n) is 3.12. The van der Waals surface area contributed by atoms with Crippen LogP contribution in [-0.4, -0.2) is 43.9 Å². The molecule has 2 N–H and O–H groups in total. The highest BCUT2D eigenvalue weighted by Crippen LogP contribution is 2.26. The van der Waals surface area contributed by atoms with Crippen molar-refractivity contribution in [3.63, 3.8) is 0 Å². The molecule has 0 bridgehead atoms. The maximum absolute atomic E-state index is 12.7. The lowest BCUT2D eigenvalue weighted by atomic mass is 10.1. The molecule has 160 valence electrons. The van der Waals surface area contributed by atoms with Crippen LogP contribution in [-0.2, 0) is 16.0 Å². The van der Waals surface area contributed by atoms with Gasteiger partial charge in [0.05, 0.1) is 24.6 Å². The third-order valence-corrected chi connectivity index (χ3v) is 4.56. The Balaban J connectivity index is 1.60. The number of benzene rings is 2. The minimum absolute atomic E-state index is 0.178. The Kier molecular flexibility index (Phi) is 6.95. The van der Waals surface area contributed by atoms with Crippen molar-refractivity contribution in [3.8, 4) is 0 Å². The van der Waals surface area contributed by atoms with Gasteiger partial charge in [-0.1, -0.05) is 24.3 Å². The monoisotopic (exact) mass is 411 g/mol. The number of carbonyl (C=O) groups is 2. The first-order chi connectivity index (χ1) is 14.3. The molecule has 30 heavy (non-hydrogen) atoms. The van der Waals surface area contributed by atoms with Gasteiger partial charge >= 0.3 is 6.09 Å². The Hall–Kier alpha value is -3.06. The number of rotatable bonds is 5. The van der Waals surface area contributed by atoms with Gasteiger partial charge in [0.2, 0.25) is 0 Å². The highest BCUT2D eigenvalue weighted by Gasteiger charge is 2.17. The van der Waals surface area contributed by atoms with E-state index in [1.807, 2.05) is 57.2 Å². The van der Waals surface area contributed by atoms with E-state index >= 15 is 0 Å². The molecular formula is C23H29N3O4. The number of hydrogen-bond donors (Lipinski definition) is 2. The molecule has 2 amide bonds. The zero-order valence-corrected chi connectivity index (χ0v) is 17.7. The molecule has 0 aromatic heterocycles. The standard InChI is InChI=1S/C23H29N3O4/c1-23(2,3)30-22(28)24-16-17-8-10-18(11-9-17)21(27)25-19-6-4-5-7-20(19)26-12-14-29-15-13-26/h4-11H,12-16H2,1-3H3,(H,24,28)(H,25,27). The van der Waals surface area contributed by atoms with Crippen LogP contribution in [0.25, 0.3) is 0 Å². The maximum atomic E-state index is 12.7. The van der Waals surface area contributed by atoms with Crippen LogP contribution in [0.3, 0.4) is 0 Å². The Morgan fingerprint density at radius 3 is 2.37 bits per heavy atom. The van der Waals surface area contributed by atoms with E-state index in [1.165, 1.54) is 0 Å². The highest BCUT2D eigenvalue weighted by molar-refractivity contribution is 6.06. The third kappa shape index (κ3) is 6.22. The van der Waals surface area contributed by atoms with E-state index in [0.717, 1.165) is 30.0 Å². The van der Waals surface area contributed by atoms with Crippen LogP contribution in [0.5, 0.6) is 0 Å². The van der Waals surface area contributed by atoms with Crippen molar-refractivity contribution in [1.82, 2.24) is 5.32 Å². The molecule has 1 aliphatic heterocycles. The van der Waals surface area contributed by atoms with Gasteiger partial charge in [0, 0.05) is 25.2 Å². The quantitative estimate of drug-likeness (QED) is 0.782. The summed E-state index contributed by atoms with van der Waals surface area (Å²) in [5.74, 6) is -0.178. The molecule has 7 heteroatoms. The fourth-order valence-corrected chi connectivity index (χ4v) is 3.12. The predicted octanol–water partition coefficient (Wildman–Crippen LogP) is 3.80. The molecule has 1 fully saturated rings. The largest absolute Gasteiger partial charge is 0.444 e. The zero-order valence-electron chi connectivity index (χ0n) is 17.7. The number of nitrogens with zero attached hydrogens (tertiary/aromatic N) is 1. The van der Waals surface area contributed by atoms with E-state index in [9.17, 15) is 9.59 Å². The second kappa shape index (κ2) is 9.63. The van der Waals surface area contributed by atoms with Gasteiger partial charge in [-0.05, 0) is 50.6 Å². The predicted molar refractivity (Wildman–Crippen MR) is 117 cm³/mol. The van der Waals surface area contributed by atoms with Crippen LogP contribution in [0.4, 0.5) is 16.2 Å². The average Bonchev–Trinajstić information content (AvgIpc) is 2.72. The minimum Gasteiger partial charge on any atom is -0.444 e. The molecule has 7 nitrogen and oxygen atoms in total. The van der Waals surface area contributed by atoms with Gasteiger partial charge in [-0.25, -0.2) is 4.79 Å². The third-order valence-electron chi connectivity index (χ3n) is 4.56. The number of morpholine rings is 1.